The summed E-state index contributed by atoms with van der Waals surface area (Å²) in [6, 6.07) is 7.69. The molecule has 1 saturated carbocycles. The molecule has 1 heterocycles. The van der Waals surface area contributed by atoms with Gasteiger partial charge in [-0.05, 0) is 37.8 Å². The molecule has 0 bridgehead atoms. The monoisotopic (exact) mass is 300 g/mol. The zero-order valence-electron chi connectivity index (χ0n) is 12.6. The van der Waals surface area contributed by atoms with Crippen molar-refractivity contribution in [2.75, 3.05) is 7.11 Å². The third-order valence-electron chi connectivity index (χ3n) is 4.19. The second kappa shape index (κ2) is 6.70. The molecule has 1 amide bonds. The van der Waals surface area contributed by atoms with E-state index in [1.165, 1.54) is 0 Å². The molecule has 1 aromatic carbocycles. The quantitative estimate of drug-likeness (QED) is 0.937. The number of methoxy groups -OCH3 is 1. The number of para-hydroxylation sites is 1. The highest BCUT2D eigenvalue weighted by Gasteiger charge is 2.23. The Morgan fingerprint density at radius 3 is 2.55 bits per heavy atom. The molecule has 6 nitrogen and oxygen atoms in total. The van der Waals surface area contributed by atoms with Gasteiger partial charge in [0.1, 0.15) is 12.7 Å². The van der Waals surface area contributed by atoms with Gasteiger partial charge in [-0.15, -0.1) is 10.2 Å². The molecule has 0 saturated heterocycles. The van der Waals surface area contributed by atoms with E-state index in [-0.39, 0.29) is 11.9 Å². The molecule has 2 aromatic rings. The van der Waals surface area contributed by atoms with Crippen molar-refractivity contribution in [3.05, 3.63) is 42.5 Å². The number of aromatic nitrogens is 3. The average Bonchev–Trinajstić information content (AvgIpc) is 3.10. The zero-order chi connectivity index (χ0) is 15.4. The van der Waals surface area contributed by atoms with Crippen molar-refractivity contribution in [3.8, 4) is 5.69 Å². The summed E-state index contributed by atoms with van der Waals surface area (Å²) in [6.45, 7) is 0. The van der Waals surface area contributed by atoms with Crippen LogP contribution in [-0.2, 0) is 4.74 Å². The average molecular weight is 300 g/mol. The van der Waals surface area contributed by atoms with Gasteiger partial charge in [0.05, 0.1) is 17.4 Å². The summed E-state index contributed by atoms with van der Waals surface area (Å²) in [5.41, 5.74) is 1.42. The lowest BCUT2D eigenvalue weighted by Crippen LogP contribution is -2.39. The molecule has 0 spiro atoms. The van der Waals surface area contributed by atoms with Crippen LogP contribution in [0.4, 0.5) is 0 Å². The van der Waals surface area contributed by atoms with Crippen molar-refractivity contribution in [1.82, 2.24) is 20.1 Å². The first kappa shape index (κ1) is 14.7. The molecule has 6 heteroatoms. The van der Waals surface area contributed by atoms with Gasteiger partial charge in [-0.3, -0.25) is 9.36 Å². The van der Waals surface area contributed by atoms with Crippen LogP contribution in [0.15, 0.2) is 36.9 Å². The molecule has 1 aliphatic rings. The van der Waals surface area contributed by atoms with Crippen molar-refractivity contribution >= 4 is 5.91 Å². The van der Waals surface area contributed by atoms with E-state index in [9.17, 15) is 4.79 Å². The second-order valence-corrected chi connectivity index (χ2v) is 5.57. The first-order chi connectivity index (χ1) is 10.8. The van der Waals surface area contributed by atoms with E-state index in [1.807, 2.05) is 24.3 Å². The Hall–Kier alpha value is -2.21. The fourth-order valence-corrected chi connectivity index (χ4v) is 2.92. The third-order valence-corrected chi connectivity index (χ3v) is 4.19. The lowest BCUT2D eigenvalue weighted by atomic mass is 9.92. The molecule has 0 aliphatic heterocycles. The number of rotatable bonds is 4. The van der Waals surface area contributed by atoms with Crippen LogP contribution in [0.2, 0.25) is 0 Å². The smallest absolute Gasteiger partial charge is 0.253 e. The topological polar surface area (TPSA) is 69.0 Å². The van der Waals surface area contributed by atoms with Crippen molar-refractivity contribution in [2.24, 2.45) is 0 Å². The van der Waals surface area contributed by atoms with Crippen LogP contribution in [0.25, 0.3) is 5.69 Å². The van der Waals surface area contributed by atoms with E-state index >= 15 is 0 Å². The fourth-order valence-electron chi connectivity index (χ4n) is 2.92. The molecule has 0 radical (unpaired) electrons. The number of amides is 1. The Kier molecular flexibility index (Phi) is 4.48. The summed E-state index contributed by atoms with van der Waals surface area (Å²) >= 11 is 0. The first-order valence-electron chi connectivity index (χ1n) is 7.55. The zero-order valence-corrected chi connectivity index (χ0v) is 12.6. The Morgan fingerprint density at radius 2 is 1.86 bits per heavy atom. The number of hydrogen-bond acceptors (Lipinski definition) is 4. The molecule has 22 heavy (non-hydrogen) atoms. The summed E-state index contributed by atoms with van der Waals surface area (Å²) < 4.78 is 7.11. The van der Waals surface area contributed by atoms with Crippen LogP contribution in [0.1, 0.15) is 36.0 Å². The standard InChI is InChI=1S/C16H20N4O2/c1-22-13-8-6-12(7-9-13)19-16(21)14-4-2-3-5-15(14)20-10-17-18-11-20/h2-5,10-13H,6-9H2,1H3,(H,19,21). The molecule has 116 valence electrons. The Morgan fingerprint density at radius 1 is 1.18 bits per heavy atom. The number of nitrogens with zero attached hydrogens (tertiary/aromatic N) is 3. The van der Waals surface area contributed by atoms with Gasteiger partial charge in [0, 0.05) is 13.2 Å². The summed E-state index contributed by atoms with van der Waals surface area (Å²) in [6.07, 6.45) is 7.42. The number of ether oxygens (including phenoxy) is 1. The minimum absolute atomic E-state index is 0.0508. The maximum atomic E-state index is 12.6. The third kappa shape index (κ3) is 3.17. The molecule has 1 fully saturated rings. The number of carbonyl (C=O) groups is 1. The summed E-state index contributed by atoms with van der Waals surface area (Å²) in [7, 11) is 1.75. The van der Waals surface area contributed by atoms with E-state index in [0.717, 1.165) is 31.4 Å². The van der Waals surface area contributed by atoms with Gasteiger partial charge in [-0.2, -0.15) is 0 Å². The second-order valence-electron chi connectivity index (χ2n) is 5.57. The highest BCUT2D eigenvalue weighted by Crippen LogP contribution is 2.21. The van der Waals surface area contributed by atoms with E-state index < -0.39 is 0 Å². The Balaban J connectivity index is 1.71. The predicted octanol–water partition coefficient (Wildman–Crippen LogP) is 1.95. The largest absolute Gasteiger partial charge is 0.381 e. The Bertz CT molecular complexity index is 619. The number of nitrogens with one attached hydrogen (secondary N) is 1. The SMILES string of the molecule is COC1CCC(NC(=O)c2ccccc2-n2cnnc2)CC1. The summed E-state index contributed by atoms with van der Waals surface area (Å²) in [4.78, 5) is 12.6. The van der Waals surface area contributed by atoms with E-state index in [2.05, 4.69) is 15.5 Å². The first-order valence-corrected chi connectivity index (χ1v) is 7.55. The van der Waals surface area contributed by atoms with Crippen LogP contribution >= 0.6 is 0 Å². The molecule has 0 atom stereocenters. The molecule has 1 N–H and O–H groups in total. The highest BCUT2D eigenvalue weighted by atomic mass is 16.5. The molecular formula is C16H20N4O2. The minimum atomic E-state index is -0.0508. The number of hydrogen-bond donors (Lipinski definition) is 1. The van der Waals surface area contributed by atoms with Crippen LogP contribution in [0, 0.1) is 0 Å². The van der Waals surface area contributed by atoms with E-state index in [0.29, 0.717) is 11.7 Å². The lowest BCUT2D eigenvalue weighted by Gasteiger charge is -2.28. The van der Waals surface area contributed by atoms with Crippen molar-refractivity contribution in [2.45, 2.75) is 37.8 Å². The fraction of sp³-hybridized carbons (Fsp3) is 0.438. The summed E-state index contributed by atoms with van der Waals surface area (Å²) in [5, 5.41) is 10.7. The number of carbonyl (C=O) groups excluding carboxylic acids is 1. The predicted molar refractivity (Wildman–Crippen MR) is 81.9 cm³/mol. The van der Waals surface area contributed by atoms with Gasteiger partial charge >= 0.3 is 0 Å². The van der Waals surface area contributed by atoms with Crippen LogP contribution in [0.5, 0.6) is 0 Å². The highest BCUT2D eigenvalue weighted by molar-refractivity contribution is 5.97. The van der Waals surface area contributed by atoms with E-state index in [1.54, 1.807) is 24.3 Å². The van der Waals surface area contributed by atoms with Gasteiger partial charge in [0.25, 0.3) is 5.91 Å². The maximum Gasteiger partial charge on any atom is 0.253 e. The van der Waals surface area contributed by atoms with Gasteiger partial charge < -0.3 is 10.1 Å². The normalized spacial score (nSPS) is 21.5. The molecule has 1 aliphatic carbocycles. The molecular weight excluding hydrogens is 280 g/mol. The van der Waals surface area contributed by atoms with Gasteiger partial charge in [-0.1, -0.05) is 12.1 Å². The van der Waals surface area contributed by atoms with Crippen LogP contribution in [-0.4, -0.2) is 39.9 Å². The molecule has 0 unspecified atom stereocenters. The van der Waals surface area contributed by atoms with Gasteiger partial charge in [-0.25, -0.2) is 0 Å². The lowest BCUT2D eigenvalue weighted by molar-refractivity contribution is 0.0599. The van der Waals surface area contributed by atoms with E-state index in [4.69, 9.17) is 4.74 Å². The van der Waals surface area contributed by atoms with Crippen LogP contribution in [0.3, 0.4) is 0 Å². The van der Waals surface area contributed by atoms with Crippen molar-refractivity contribution < 1.29 is 9.53 Å². The Labute approximate surface area is 129 Å². The molecule has 3 rings (SSSR count). The summed E-state index contributed by atoms with van der Waals surface area (Å²) in [5.74, 6) is -0.0508. The van der Waals surface area contributed by atoms with Crippen molar-refractivity contribution in [3.63, 3.8) is 0 Å². The van der Waals surface area contributed by atoms with Gasteiger partial charge in [0.15, 0.2) is 0 Å². The minimum Gasteiger partial charge on any atom is -0.381 e. The van der Waals surface area contributed by atoms with Crippen molar-refractivity contribution in [1.29, 1.82) is 0 Å². The maximum absolute atomic E-state index is 12.6. The van der Waals surface area contributed by atoms with Crippen LogP contribution < -0.4 is 5.32 Å². The molecule has 1 aromatic heterocycles. The number of benzene rings is 1. The van der Waals surface area contributed by atoms with Gasteiger partial charge in [0.2, 0.25) is 0 Å².